The third-order valence-corrected chi connectivity index (χ3v) is 0.540. The second-order valence-corrected chi connectivity index (χ2v) is 1.27. The van der Waals surface area contributed by atoms with E-state index in [9.17, 15) is 20.2 Å². The molecule has 0 aliphatic heterocycles. The normalized spacial score (nSPS) is 8.73. The molecule has 0 aliphatic carbocycles. The highest BCUT2D eigenvalue weighted by Gasteiger charge is 1.95. The van der Waals surface area contributed by atoms with Crippen molar-refractivity contribution in [2.75, 3.05) is 13.2 Å². The average molecular weight is 167 g/mol. The van der Waals surface area contributed by atoms with E-state index in [1.54, 1.807) is 0 Å². The number of nitrogens with one attached hydrogen (secondary N) is 1. The van der Waals surface area contributed by atoms with Crippen LogP contribution in [0.5, 0.6) is 0 Å². The monoisotopic (exact) mass is 167 g/mol. The average Bonchev–Trinajstić information content (AvgIpc) is 1.85. The predicted octanol–water partition coefficient (Wildman–Crippen LogP) is -1.09. The Morgan fingerprint density at radius 3 is 2.36 bits per heavy atom. The zero-order valence-corrected chi connectivity index (χ0v) is 5.26. The first-order valence-electron chi connectivity index (χ1n) is 2.44. The van der Waals surface area contributed by atoms with E-state index in [4.69, 9.17) is 0 Å². The summed E-state index contributed by atoms with van der Waals surface area (Å²) in [4.78, 5) is 26.3. The van der Waals surface area contributed by atoms with Crippen LogP contribution in [0.3, 0.4) is 0 Å². The van der Waals surface area contributed by atoms with Crippen LogP contribution >= 0.6 is 0 Å². The zero-order chi connectivity index (χ0) is 8.69. The van der Waals surface area contributed by atoms with Crippen LogP contribution in [0.4, 0.5) is 0 Å². The van der Waals surface area contributed by atoms with Gasteiger partial charge < -0.3 is 4.84 Å². The lowest BCUT2D eigenvalue weighted by molar-refractivity contribution is -0.779. The van der Waals surface area contributed by atoms with Gasteiger partial charge in [-0.25, -0.2) is 4.94 Å². The molecule has 0 amide bonds. The largest absolute Gasteiger partial charge is 0.312 e. The molecular formula is C2H5N3O6. The maximum atomic E-state index is 9.48. The highest BCUT2D eigenvalue weighted by molar-refractivity contribution is 4.24. The van der Waals surface area contributed by atoms with Crippen molar-refractivity contribution in [3.63, 3.8) is 0 Å². The minimum atomic E-state index is -1.08. The fourth-order valence-electron chi connectivity index (χ4n) is 0.260. The van der Waals surface area contributed by atoms with Gasteiger partial charge >= 0.3 is 5.09 Å². The first-order valence-corrected chi connectivity index (χ1v) is 2.44. The summed E-state index contributed by atoms with van der Waals surface area (Å²) in [5, 5.41) is 16.8. The molecule has 0 fully saturated rings. The van der Waals surface area contributed by atoms with Gasteiger partial charge in [0.1, 0.15) is 6.61 Å². The first kappa shape index (κ1) is 9.36. The molecule has 1 N–H and O–H groups in total. The molecule has 0 saturated carbocycles. The Labute approximate surface area is 60.0 Å². The SMILES string of the molecule is O=[N+]([O-])OCCNO[N+](=O)[O-]. The second kappa shape index (κ2) is 5.17. The highest BCUT2D eigenvalue weighted by atomic mass is 17.0. The Morgan fingerprint density at radius 2 is 1.91 bits per heavy atom. The Morgan fingerprint density at radius 1 is 1.27 bits per heavy atom. The minimum Gasteiger partial charge on any atom is -0.312 e. The minimum absolute atomic E-state index is 0.137. The van der Waals surface area contributed by atoms with Crippen molar-refractivity contribution in [2.24, 2.45) is 0 Å². The fraction of sp³-hybridized carbons (Fsp3) is 1.00. The second-order valence-electron chi connectivity index (χ2n) is 1.27. The van der Waals surface area contributed by atoms with Crippen molar-refractivity contribution < 1.29 is 19.9 Å². The number of rotatable bonds is 6. The van der Waals surface area contributed by atoms with Crippen LogP contribution in [-0.4, -0.2) is 23.3 Å². The lowest BCUT2D eigenvalue weighted by atomic mass is 10.7. The molecule has 0 radical (unpaired) electrons. The predicted molar refractivity (Wildman–Crippen MR) is 29.0 cm³/mol. The van der Waals surface area contributed by atoms with Crippen LogP contribution in [0.25, 0.3) is 0 Å². The molecule has 64 valence electrons. The van der Waals surface area contributed by atoms with E-state index >= 15 is 0 Å². The molecule has 11 heavy (non-hydrogen) atoms. The van der Waals surface area contributed by atoms with Crippen LogP contribution in [-0.2, 0) is 9.78 Å². The number of hydrogen-bond acceptors (Lipinski definition) is 7. The topological polar surface area (TPSA) is 117 Å². The van der Waals surface area contributed by atoms with Gasteiger partial charge in [-0.3, -0.25) is 0 Å². The standard InChI is InChI=1S/C2H5N3O6/c6-4(7)10-2-1-3-11-5(8)9/h3H,1-2H2. The molecule has 0 saturated heterocycles. The van der Waals surface area contributed by atoms with E-state index < -0.39 is 10.2 Å². The van der Waals surface area contributed by atoms with Gasteiger partial charge in [-0.2, -0.15) is 5.48 Å². The van der Waals surface area contributed by atoms with Gasteiger partial charge in [0, 0.05) is 6.54 Å². The molecule has 0 rings (SSSR count). The van der Waals surface area contributed by atoms with Gasteiger partial charge in [0.2, 0.25) is 0 Å². The summed E-state index contributed by atoms with van der Waals surface area (Å²) >= 11 is 0. The van der Waals surface area contributed by atoms with E-state index in [1.807, 2.05) is 5.48 Å². The Kier molecular flexibility index (Phi) is 4.40. The molecule has 0 spiro atoms. The molecule has 0 heterocycles. The van der Waals surface area contributed by atoms with Gasteiger partial charge in [0.15, 0.2) is 0 Å². The van der Waals surface area contributed by atoms with E-state index in [2.05, 4.69) is 9.78 Å². The van der Waals surface area contributed by atoms with E-state index in [1.165, 1.54) is 0 Å². The molecule has 0 aromatic carbocycles. The molecule has 0 aromatic heterocycles. The Hall–Kier alpha value is -1.64. The van der Waals surface area contributed by atoms with Crippen molar-refractivity contribution in [1.82, 2.24) is 5.48 Å². The van der Waals surface area contributed by atoms with E-state index in [0.717, 1.165) is 0 Å². The van der Waals surface area contributed by atoms with Crippen LogP contribution in [0.2, 0.25) is 0 Å². The molecule has 9 nitrogen and oxygen atoms in total. The Balaban J connectivity index is 3.03. The lowest BCUT2D eigenvalue weighted by Gasteiger charge is -1.98. The van der Waals surface area contributed by atoms with Crippen molar-refractivity contribution in [3.05, 3.63) is 20.2 Å². The summed E-state index contributed by atoms with van der Waals surface area (Å²) < 4.78 is 0. The van der Waals surface area contributed by atoms with E-state index in [-0.39, 0.29) is 13.2 Å². The van der Waals surface area contributed by atoms with Gasteiger partial charge in [0.05, 0.1) is 0 Å². The number of nitrogens with zero attached hydrogens (tertiary/aromatic N) is 2. The number of hydroxylamine groups is 1. The molecular weight excluding hydrogens is 162 g/mol. The first-order chi connectivity index (χ1) is 5.13. The molecule has 0 aromatic rings. The highest BCUT2D eigenvalue weighted by Crippen LogP contribution is 1.72. The lowest BCUT2D eigenvalue weighted by Crippen LogP contribution is -2.24. The van der Waals surface area contributed by atoms with Crippen LogP contribution in [0.15, 0.2) is 0 Å². The summed E-state index contributed by atoms with van der Waals surface area (Å²) in [5.41, 5.74) is 1.81. The Bertz CT molecular complexity index is 131. The van der Waals surface area contributed by atoms with Gasteiger partial charge in [-0.05, 0) is 0 Å². The summed E-state index contributed by atoms with van der Waals surface area (Å²) in [5.74, 6) is 0. The van der Waals surface area contributed by atoms with Crippen LogP contribution in [0, 0.1) is 20.2 Å². The molecule has 9 heteroatoms. The third kappa shape index (κ3) is 8.36. The molecule has 0 aliphatic rings. The van der Waals surface area contributed by atoms with Crippen molar-refractivity contribution in [1.29, 1.82) is 0 Å². The third-order valence-electron chi connectivity index (χ3n) is 0.540. The van der Waals surface area contributed by atoms with Crippen molar-refractivity contribution in [3.8, 4) is 0 Å². The maximum Gasteiger partial charge on any atom is 0.311 e. The summed E-state index contributed by atoms with van der Waals surface area (Å²) in [6.07, 6.45) is 0. The molecule has 0 bridgehead atoms. The van der Waals surface area contributed by atoms with E-state index in [0.29, 0.717) is 0 Å². The summed E-state index contributed by atoms with van der Waals surface area (Å²) in [6, 6.07) is 0. The van der Waals surface area contributed by atoms with Crippen molar-refractivity contribution in [2.45, 2.75) is 0 Å². The molecule has 0 unspecified atom stereocenters. The smallest absolute Gasteiger partial charge is 0.311 e. The van der Waals surface area contributed by atoms with Gasteiger partial charge in [-0.1, -0.05) is 0 Å². The molecule has 0 atom stereocenters. The fourth-order valence-corrected chi connectivity index (χ4v) is 0.260. The van der Waals surface area contributed by atoms with Crippen molar-refractivity contribution >= 4 is 0 Å². The maximum absolute atomic E-state index is 9.48. The summed E-state index contributed by atoms with van der Waals surface area (Å²) in [7, 11) is 0. The van der Waals surface area contributed by atoms with Gasteiger partial charge in [-0.15, -0.1) is 20.2 Å². The zero-order valence-electron chi connectivity index (χ0n) is 5.26. The van der Waals surface area contributed by atoms with Crippen LogP contribution in [0.1, 0.15) is 0 Å². The van der Waals surface area contributed by atoms with Gasteiger partial charge in [0.25, 0.3) is 5.09 Å². The number of hydrogen-bond donors (Lipinski definition) is 1. The van der Waals surface area contributed by atoms with Crippen LogP contribution < -0.4 is 5.48 Å². The quantitative estimate of drug-likeness (QED) is 0.303. The summed E-state index contributed by atoms with van der Waals surface area (Å²) in [6.45, 7) is -0.442.